The summed E-state index contributed by atoms with van der Waals surface area (Å²) in [6, 6.07) is 21.2. The molecule has 0 saturated carbocycles. The monoisotopic (exact) mass is 443 g/mol. The highest BCUT2D eigenvalue weighted by Gasteiger charge is 2.27. The van der Waals surface area contributed by atoms with Gasteiger partial charge in [-0.15, -0.1) is 0 Å². The number of rotatable bonds is 8. The summed E-state index contributed by atoms with van der Waals surface area (Å²) in [4.78, 5) is 39.5. The molecule has 0 aliphatic rings. The van der Waals surface area contributed by atoms with Crippen LogP contribution in [0.1, 0.15) is 40.0 Å². The number of nitrogens with zero attached hydrogens (tertiary/aromatic N) is 1. The first-order chi connectivity index (χ1) is 15.8. The molecule has 3 aromatic carbocycles. The molecule has 1 atom stereocenters. The van der Waals surface area contributed by atoms with E-state index in [9.17, 15) is 14.4 Å². The average Bonchev–Trinajstić information content (AvgIpc) is 2.78. The maximum Gasteiger partial charge on any atom is 0.246 e. The van der Waals surface area contributed by atoms with Gasteiger partial charge in [-0.2, -0.15) is 0 Å². The number of amides is 2. The van der Waals surface area contributed by atoms with Crippen LogP contribution in [0, 0.1) is 13.8 Å². The molecule has 0 aliphatic heterocycles. The number of nitrogens with one attached hydrogen (secondary N) is 2. The van der Waals surface area contributed by atoms with Crippen LogP contribution in [0.15, 0.2) is 72.8 Å². The van der Waals surface area contributed by atoms with Gasteiger partial charge in [0.2, 0.25) is 11.8 Å². The van der Waals surface area contributed by atoms with Crippen molar-refractivity contribution >= 4 is 29.0 Å². The van der Waals surface area contributed by atoms with Gasteiger partial charge in [-0.3, -0.25) is 19.3 Å². The second-order valence-electron chi connectivity index (χ2n) is 8.15. The van der Waals surface area contributed by atoms with Gasteiger partial charge in [0, 0.05) is 16.9 Å². The molecule has 0 bridgehead atoms. The lowest BCUT2D eigenvalue weighted by molar-refractivity contribution is -0.123. The fourth-order valence-corrected chi connectivity index (χ4v) is 3.66. The first-order valence-corrected chi connectivity index (χ1v) is 10.8. The molecule has 0 saturated heterocycles. The van der Waals surface area contributed by atoms with Gasteiger partial charge in [0.15, 0.2) is 5.78 Å². The molecule has 0 spiro atoms. The number of hydrogen-bond acceptors (Lipinski definition) is 4. The Bertz CT molecular complexity index is 1160. The molecule has 33 heavy (non-hydrogen) atoms. The van der Waals surface area contributed by atoms with Crippen molar-refractivity contribution in [2.45, 2.75) is 26.8 Å². The third kappa shape index (κ3) is 6.14. The Kier molecular flexibility index (Phi) is 7.74. The number of Topliss-reactive ketones (excluding diaryl/α,β-unsaturated/α-hetero) is 1. The second kappa shape index (κ2) is 10.7. The summed E-state index contributed by atoms with van der Waals surface area (Å²) >= 11 is 0. The van der Waals surface area contributed by atoms with Crippen LogP contribution in [0.25, 0.3) is 0 Å². The number of likely N-dealkylation sites (N-methyl/N-ethyl adjacent to an activating group) is 1. The van der Waals surface area contributed by atoms with Crippen LogP contribution < -0.4 is 10.6 Å². The van der Waals surface area contributed by atoms with Crippen LogP contribution in [0.3, 0.4) is 0 Å². The summed E-state index contributed by atoms with van der Waals surface area (Å²) in [5.41, 5.74) is 4.67. The summed E-state index contributed by atoms with van der Waals surface area (Å²) in [5.74, 6) is -0.576. The normalized spacial score (nSPS) is 11.7. The largest absolute Gasteiger partial charge is 0.325 e. The van der Waals surface area contributed by atoms with Gasteiger partial charge in [0.25, 0.3) is 0 Å². The number of hydrogen-bond donors (Lipinski definition) is 2. The molecular weight excluding hydrogens is 414 g/mol. The van der Waals surface area contributed by atoms with Gasteiger partial charge in [-0.05, 0) is 62.7 Å². The molecule has 170 valence electrons. The van der Waals surface area contributed by atoms with E-state index in [4.69, 9.17) is 0 Å². The first kappa shape index (κ1) is 23.9. The van der Waals surface area contributed by atoms with Crippen molar-refractivity contribution in [3.63, 3.8) is 0 Å². The van der Waals surface area contributed by atoms with Crippen molar-refractivity contribution in [1.82, 2.24) is 4.90 Å². The lowest BCUT2D eigenvalue weighted by Gasteiger charge is -2.27. The topological polar surface area (TPSA) is 78.5 Å². The minimum absolute atomic E-state index is 0.0217. The van der Waals surface area contributed by atoms with Crippen LogP contribution in [-0.2, 0) is 9.59 Å². The molecule has 2 N–H and O–H groups in total. The van der Waals surface area contributed by atoms with E-state index in [0.29, 0.717) is 11.3 Å². The third-order valence-corrected chi connectivity index (χ3v) is 5.61. The zero-order valence-electron chi connectivity index (χ0n) is 19.4. The van der Waals surface area contributed by atoms with E-state index in [1.165, 1.54) is 6.92 Å². The maximum atomic E-state index is 13.3. The Balaban J connectivity index is 1.79. The van der Waals surface area contributed by atoms with E-state index >= 15 is 0 Å². The standard InChI is InChI=1S/C27H29N3O3/c1-18-10-8-15-24(19(18)2)29-25(32)17-30(4)26(21-11-6-5-7-12-21)27(33)28-23-14-9-13-22(16-23)20(3)31/h5-16,26H,17H2,1-4H3,(H,28,33)(H,29,32). The van der Waals surface area contributed by atoms with E-state index in [2.05, 4.69) is 10.6 Å². The van der Waals surface area contributed by atoms with Crippen molar-refractivity contribution < 1.29 is 14.4 Å². The summed E-state index contributed by atoms with van der Waals surface area (Å²) in [6.45, 7) is 5.46. The summed E-state index contributed by atoms with van der Waals surface area (Å²) in [6.07, 6.45) is 0. The van der Waals surface area contributed by atoms with E-state index in [1.807, 2.05) is 62.4 Å². The number of benzene rings is 3. The van der Waals surface area contributed by atoms with Crippen molar-refractivity contribution in [2.24, 2.45) is 0 Å². The lowest BCUT2D eigenvalue weighted by atomic mass is 10.0. The Labute approximate surface area is 194 Å². The highest BCUT2D eigenvalue weighted by molar-refractivity contribution is 5.99. The molecule has 0 aromatic heterocycles. The smallest absolute Gasteiger partial charge is 0.246 e. The van der Waals surface area contributed by atoms with E-state index < -0.39 is 6.04 Å². The Morgan fingerprint density at radius 1 is 0.879 bits per heavy atom. The highest BCUT2D eigenvalue weighted by Crippen LogP contribution is 2.23. The predicted molar refractivity (Wildman–Crippen MR) is 131 cm³/mol. The average molecular weight is 444 g/mol. The van der Waals surface area contributed by atoms with Gasteiger partial charge < -0.3 is 10.6 Å². The SMILES string of the molecule is CC(=O)c1cccc(NC(=O)C(c2ccccc2)N(C)CC(=O)Nc2cccc(C)c2C)c1. The first-order valence-electron chi connectivity index (χ1n) is 10.8. The van der Waals surface area contributed by atoms with Gasteiger partial charge in [0.05, 0.1) is 6.54 Å². The van der Waals surface area contributed by atoms with Crippen LogP contribution >= 0.6 is 0 Å². The molecule has 0 fully saturated rings. The number of anilines is 2. The van der Waals surface area contributed by atoms with Crippen LogP contribution in [0.5, 0.6) is 0 Å². The van der Waals surface area contributed by atoms with Crippen LogP contribution in [-0.4, -0.2) is 36.1 Å². The quantitative estimate of drug-likeness (QED) is 0.492. The molecule has 0 aliphatic carbocycles. The Morgan fingerprint density at radius 2 is 1.58 bits per heavy atom. The third-order valence-electron chi connectivity index (χ3n) is 5.61. The van der Waals surface area contributed by atoms with Crippen molar-refractivity contribution in [3.05, 3.63) is 95.1 Å². The molecular formula is C27H29N3O3. The Hall–Kier alpha value is -3.77. The van der Waals surface area contributed by atoms with E-state index in [0.717, 1.165) is 22.4 Å². The van der Waals surface area contributed by atoms with Crippen molar-refractivity contribution in [2.75, 3.05) is 24.2 Å². The number of carbonyl (C=O) groups excluding carboxylic acids is 3. The molecule has 6 heteroatoms. The van der Waals surface area contributed by atoms with Crippen molar-refractivity contribution in [1.29, 1.82) is 0 Å². The number of aryl methyl sites for hydroxylation is 1. The molecule has 3 rings (SSSR count). The fraction of sp³-hybridized carbons (Fsp3) is 0.222. The zero-order chi connectivity index (χ0) is 24.0. The van der Waals surface area contributed by atoms with Gasteiger partial charge in [0.1, 0.15) is 6.04 Å². The molecule has 2 amide bonds. The van der Waals surface area contributed by atoms with E-state index in [-0.39, 0.29) is 24.1 Å². The van der Waals surface area contributed by atoms with Gasteiger partial charge >= 0.3 is 0 Å². The molecule has 6 nitrogen and oxygen atoms in total. The summed E-state index contributed by atoms with van der Waals surface area (Å²) < 4.78 is 0. The molecule has 3 aromatic rings. The highest BCUT2D eigenvalue weighted by atomic mass is 16.2. The minimum Gasteiger partial charge on any atom is -0.325 e. The predicted octanol–water partition coefficient (Wildman–Crippen LogP) is 4.76. The number of ketones is 1. The maximum absolute atomic E-state index is 13.3. The number of carbonyl (C=O) groups is 3. The van der Waals surface area contributed by atoms with Gasteiger partial charge in [-0.25, -0.2) is 0 Å². The lowest BCUT2D eigenvalue weighted by Crippen LogP contribution is -2.39. The van der Waals surface area contributed by atoms with Gasteiger partial charge in [-0.1, -0.05) is 54.6 Å². The summed E-state index contributed by atoms with van der Waals surface area (Å²) in [5, 5.41) is 5.84. The van der Waals surface area contributed by atoms with Crippen LogP contribution in [0.4, 0.5) is 11.4 Å². The van der Waals surface area contributed by atoms with E-state index in [1.54, 1.807) is 36.2 Å². The summed E-state index contributed by atoms with van der Waals surface area (Å²) in [7, 11) is 1.74. The second-order valence-corrected chi connectivity index (χ2v) is 8.15. The minimum atomic E-state index is -0.698. The molecule has 1 unspecified atom stereocenters. The van der Waals surface area contributed by atoms with Crippen LogP contribution in [0.2, 0.25) is 0 Å². The van der Waals surface area contributed by atoms with Crippen molar-refractivity contribution in [3.8, 4) is 0 Å². The fourth-order valence-electron chi connectivity index (χ4n) is 3.66. The zero-order valence-corrected chi connectivity index (χ0v) is 19.4. The molecule has 0 heterocycles. The Morgan fingerprint density at radius 3 is 2.27 bits per heavy atom. The molecule has 0 radical (unpaired) electrons.